The number of rotatable bonds is 8. The number of carboxylic acids is 1. The summed E-state index contributed by atoms with van der Waals surface area (Å²) in [4.78, 5) is 22.7. The number of hydrogen-bond donors (Lipinski definition) is 2. The molecule has 116 valence electrons. The highest BCUT2D eigenvalue weighted by Gasteiger charge is 2.12. The topological polar surface area (TPSA) is 84.9 Å². The van der Waals surface area contributed by atoms with Gasteiger partial charge in [-0.05, 0) is 32.4 Å². The minimum absolute atomic E-state index is 0.0563. The van der Waals surface area contributed by atoms with Gasteiger partial charge in [0.1, 0.15) is 11.3 Å². The van der Waals surface area contributed by atoms with E-state index in [1.807, 2.05) is 13.8 Å². The zero-order valence-corrected chi connectivity index (χ0v) is 12.5. The Bertz CT molecular complexity index is 499. The van der Waals surface area contributed by atoms with Gasteiger partial charge in [0.2, 0.25) is 5.91 Å². The second-order valence-corrected chi connectivity index (χ2v) is 4.79. The molecular formula is C15H21NO5. The smallest absolute Gasteiger partial charge is 0.339 e. The number of aromatic carboxylic acids is 1. The Morgan fingerprint density at radius 3 is 2.62 bits per heavy atom. The van der Waals surface area contributed by atoms with Crippen LogP contribution < -0.4 is 10.1 Å². The fourth-order valence-electron chi connectivity index (χ4n) is 1.72. The summed E-state index contributed by atoms with van der Waals surface area (Å²) >= 11 is 0. The Morgan fingerprint density at radius 1 is 1.33 bits per heavy atom. The first-order valence-corrected chi connectivity index (χ1v) is 6.76. The standard InChI is InChI=1S/C15H21NO5/c1-10(2)21-8-4-5-14(17)16-11-6-7-12(15(18)19)13(9-11)20-3/h6-7,9-10H,4-5,8H2,1-3H3,(H,16,17)(H,18,19). The molecule has 6 heteroatoms. The van der Waals surface area contributed by atoms with Gasteiger partial charge in [-0.1, -0.05) is 0 Å². The van der Waals surface area contributed by atoms with E-state index in [1.54, 1.807) is 0 Å². The predicted molar refractivity (Wildman–Crippen MR) is 78.9 cm³/mol. The van der Waals surface area contributed by atoms with E-state index in [0.717, 1.165) is 0 Å². The van der Waals surface area contributed by atoms with Crippen LogP contribution in [0.15, 0.2) is 18.2 Å². The number of carbonyl (C=O) groups is 2. The number of anilines is 1. The normalized spacial score (nSPS) is 10.5. The van der Waals surface area contributed by atoms with Gasteiger partial charge in [0.15, 0.2) is 0 Å². The van der Waals surface area contributed by atoms with Gasteiger partial charge < -0.3 is 19.9 Å². The Labute approximate surface area is 124 Å². The number of hydrogen-bond acceptors (Lipinski definition) is 4. The van der Waals surface area contributed by atoms with Gasteiger partial charge in [-0.2, -0.15) is 0 Å². The Kier molecular flexibility index (Phi) is 6.68. The van der Waals surface area contributed by atoms with Crippen molar-refractivity contribution < 1.29 is 24.2 Å². The number of methoxy groups -OCH3 is 1. The zero-order chi connectivity index (χ0) is 15.8. The number of benzene rings is 1. The number of amides is 1. The molecular weight excluding hydrogens is 274 g/mol. The highest BCUT2D eigenvalue weighted by atomic mass is 16.5. The van der Waals surface area contributed by atoms with E-state index in [1.165, 1.54) is 25.3 Å². The van der Waals surface area contributed by atoms with Gasteiger partial charge in [0, 0.05) is 24.8 Å². The van der Waals surface area contributed by atoms with Crippen molar-refractivity contribution in [1.29, 1.82) is 0 Å². The van der Waals surface area contributed by atoms with Crippen molar-refractivity contribution in [3.8, 4) is 5.75 Å². The Balaban J connectivity index is 2.54. The minimum Gasteiger partial charge on any atom is -0.496 e. The molecule has 1 rings (SSSR count). The van der Waals surface area contributed by atoms with Crippen molar-refractivity contribution in [2.24, 2.45) is 0 Å². The van der Waals surface area contributed by atoms with Crippen LogP contribution in [0, 0.1) is 0 Å². The van der Waals surface area contributed by atoms with E-state index < -0.39 is 5.97 Å². The van der Waals surface area contributed by atoms with Gasteiger partial charge in [0.05, 0.1) is 13.2 Å². The van der Waals surface area contributed by atoms with E-state index >= 15 is 0 Å². The quantitative estimate of drug-likeness (QED) is 0.720. The third-order valence-electron chi connectivity index (χ3n) is 2.72. The van der Waals surface area contributed by atoms with Crippen LogP contribution in [-0.2, 0) is 9.53 Å². The second kappa shape index (κ2) is 8.26. The molecule has 0 aromatic heterocycles. The summed E-state index contributed by atoms with van der Waals surface area (Å²) < 4.78 is 10.4. The molecule has 0 aliphatic rings. The lowest BCUT2D eigenvalue weighted by molar-refractivity contribution is -0.116. The zero-order valence-electron chi connectivity index (χ0n) is 12.5. The maximum absolute atomic E-state index is 11.8. The van der Waals surface area contributed by atoms with Crippen molar-refractivity contribution >= 4 is 17.6 Å². The van der Waals surface area contributed by atoms with Crippen molar-refractivity contribution in [1.82, 2.24) is 0 Å². The van der Waals surface area contributed by atoms with Gasteiger partial charge in [-0.3, -0.25) is 4.79 Å². The fourth-order valence-corrected chi connectivity index (χ4v) is 1.72. The van der Waals surface area contributed by atoms with Crippen molar-refractivity contribution in [3.05, 3.63) is 23.8 Å². The molecule has 0 bridgehead atoms. The molecule has 1 aromatic rings. The number of carboxylic acid groups (broad SMARTS) is 1. The summed E-state index contributed by atoms with van der Waals surface area (Å²) in [5, 5.41) is 11.7. The van der Waals surface area contributed by atoms with Crippen LogP contribution in [0.3, 0.4) is 0 Å². The summed E-state index contributed by atoms with van der Waals surface area (Å²) in [5.74, 6) is -1.01. The summed E-state index contributed by atoms with van der Waals surface area (Å²) in [6.45, 7) is 4.42. The highest BCUT2D eigenvalue weighted by Crippen LogP contribution is 2.23. The molecule has 0 saturated heterocycles. The molecule has 6 nitrogen and oxygen atoms in total. The van der Waals surface area contributed by atoms with Gasteiger partial charge in [0.25, 0.3) is 0 Å². The number of nitrogens with one attached hydrogen (secondary N) is 1. The molecule has 1 aromatic carbocycles. The van der Waals surface area contributed by atoms with E-state index in [-0.39, 0.29) is 23.3 Å². The summed E-state index contributed by atoms with van der Waals surface area (Å²) in [6, 6.07) is 4.43. The van der Waals surface area contributed by atoms with Crippen molar-refractivity contribution in [2.45, 2.75) is 32.8 Å². The Hall–Kier alpha value is -2.08. The summed E-state index contributed by atoms with van der Waals surface area (Å²) in [6.07, 6.45) is 1.13. The first-order valence-electron chi connectivity index (χ1n) is 6.76. The average molecular weight is 295 g/mol. The molecule has 0 unspecified atom stereocenters. The van der Waals surface area contributed by atoms with Gasteiger partial charge in [-0.25, -0.2) is 4.79 Å². The van der Waals surface area contributed by atoms with Gasteiger partial charge in [-0.15, -0.1) is 0 Å². The predicted octanol–water partition coefficient (Wildman–Crippen LogP) is 2.54. The van der Waals surface area contributed by atoms with Crippen LogP contribution in [0.2, 0.25) is 0 Å². The van der Waals surface area contributed by atoms with E-state index in [2.05, 4.69) is 5.32 Å². The molecule has 1 amide bonds. The molecule has 2 N–H and O–H groups in total. The fraction of sp³-hybridized carbons (Fsp3) is 0.467. The molecule has 0 saturated carbocycles. The average Bonchev–Trinajstić information content (AvgIpc) is 2.43. The number of carbonyl (C=O) groups excluding carboxylic acids is 1. The molecule has 0 heterocycles. The maximum Gasteiger partial charge on any atom is 0.339 e. The molecule has 0 aliphatic heterocycles. The SMILES string of the molecule is COc1cc(NC(=O)CCCOC(C)C)ccc1C(=O)O. The second-order valence-electron chi connectivity index (χ2n) is 4.79. The van der Waals surface area contributed by atoms with Gasteiger partial charge >= 0.3 is 5.97 Å². The van der Waals surface area contributed by atoms with Crippen LogP contribution in [0.1, 0.15) is 37.0 Å². The lowest BCUT2D eigenvalue weighted by Crippen LogP contribution is -2.13. The number of ether oxygens (including phenoxy) is 2. The molecule has 0 radical (unpaired) electrons. The van der Waals surface area contributed by atoms with Crippen LogP contribution >= 0.6 is 0 Å². The third-order valence-corrected chi connectivity index (χ3v) is 2.72. The van der Waals surface area contributed by atoms with Crippen molar-refractivity contribution in [2.75, 3.05) is 19.0 Å². The van der Waals surface area contributed by atoms with E-state index in [9.17, 15) is 9.59 Å². The Morgan fingerprint density at radius 2 is 2.05 bits per heavy atom. The molecule has 0 fully saturated rings. The lowest BCUT2D eigenvalue weighted by atomic mass is 10.1. The monoisotopic (exact) mass is 295 g/mol. The van der Waals surface area contributed by atoms with E-state index in [4.69, 9.17) is 14.6 Å². The largest absolute Gasteiger partial charge is 0.496 e. The maximum atomic E-state index is 11.8. The first kappa shape index (κ1) is 17.0. The first-order chi connectivity index (χ1) is 9.93. The lowest BCUT2D eigenvalue weighted by Gasteiger charge is -2.10. The molecule has 21 heavy (non-hydrogen) atoms. The van der Waals surface area contributed by atoms with E-state index in [0.29, 0.717) is 25.1 Å². The van der Waals surface area contributed by atoms with Crippen LogP contribution in [0.25, 0.3) is 0 Å². The molecule has 0 spiro atoms. The van der Waals surface area contributed by atoms with Crippen LogP contribution in [0.5, 0.6) is 5.75 Å². The summed E-state index contributed by atoms with van der Waals surface area (Å²) in [5.41, 5.74) is 0.562. The summed E-state index contributed by atoms with van der Waals surface area (Å²) in [7, 11) is 1.39. The molecule has 0 aliphatic carbocycles. The highest BCUT2D eigenvalue weighted by molar-refractivity contribution is 5.94. The van der Waals surface area contributed by atoms with Crippen molar-refractivity contribution in [3.63, 3.8) is 0 Å². The minimum atomic E-state index is -1.07. The third kappa shape index (κ3) is 5.83. The van der Waals surface area contributed by atoms with Crippen LogP contribution in [0.4, 0.5) is 5.69 Å². The van der Waals surface area contributed by atoms with Crippen LogP contribution in [-0.4, -0.2) is 36.8 Å². The molecule has 0 atom stereocenters.